The Morgan fingerprint density at radius 2 is 1.05 bits per heavy atom. The first-order chi connectivity index (χ1) is 21.2. The lowest BCUT2D eigenvalue weighted by Crippen LogP contribution is -2.27. The number of rotatable bonds is 32. The van der Waals surface area contributed by atoms with Crippen molar-refractivity contribution in [3.63, 3.8) is 0 Å². The van der Waals surface area contributed by atoms with Gasteiger partial charge in [0.15, 0.2) is 0 Å². The number of unbranched alkanes of at least 4 members (excludes halogenated alkanes) is 14. The lowest BCUT2D eigenvalue weighted by Gasteiger charge is -2.15. The summed E-state index contributed by atoms with van der Waals surface area (Å²) in [5.74, 6) is -0.213. The molecule has 1 N–H and O–H groups in total. The highest BCUT2D eigenvalue weighted by Gasteiger charge is 2.13. The molecule has 0 aliphatic rings. The molecule has 4 heteroatoms. The van der Waals surface area contributed by atoms with E-state index in [0.717, 1.165) is 64.2 Å². The molecule has 0 saturated heterocycles. The Kier molecular flexibility index (Phi) is 34.7. The molecule has 4 nitrogen and oxygen atoms in total. The molecule has 0 fully saturated rings. The highest BCUT2D eigenvalue weighted by molar-refractivity contribution is 5.69. The summed E-state index contributed by atoms with van der Waals surface area (Å²) in [4.78, 5) is 12.1. The van der Waals surface area contributed by atoms with Gasteiger partial charge in [-0.05, 0) is 57.8 Å². The molecule has 0 heterocycles. The van der Waals surface area contributed by atoms with E-state index in [4.69, 9.17) is 9.47 Å². The van der Waals surface area contributed by atoms with Gasteiger partial charge in [-0.1, -0.05) is 152 Å². The Morgan fingerprint density at radius 1 is 0.581 bits per heavy atom. The molecule has 0 aliphatic heterocycles. The van der Waals surface area contributed by atoms with Crippen molar-refractivity contribution < 1.29 is 19.4 Å². The number of hydrogen-bond acceptors (Lipinski definition) is 4. The SMILES string of the molecule is CC/C=C\C/C=C\C/C=C\C/C=C\C/C=C\CCCCCCCCOCC(CO)OC(=O)CCCCCCCCCCC. The van der Waals surface area contributed by atoms with Crippen molar-refractivity contribution in [3.8, 4) is 0 Å². The van der Waals surface area contributed by atoms with Gasteiger partial charge < -0.3 is 14.6 Å². The van der Waals surface area contributed by atoms with Gasteiger partial charge in [0.2, 0.25) is 0 Å². The zero-order chi connectivity index (χ0) is 31.3. The highest BCUT2D eigenvalue weighted by atomic mass is 16.6. The van der Waals surface area contributed by atoms with E-state index in [9.17, 15) is 9.90 Å². The monoisotopic (exact) mass is 601 g/mol. The molecular formula is C39H68O4. The number of ether oxygens (including phenoxy) is 2. The molecule has 248 valence electrons. The van der Waals surface area contributed by atoms with Gasteiger partial charge in [-0.3, -0.25) is 4.79 Å². The van der Waals surface area contributed by atoms with E-state index in [0.29, 0.717) is 13.0 Å². The first-order valence-electron chi connectivity index (χ1n) is 17.9. The third-order valence-corrected chi connectivity index (χ3v) is 7.36. The fourth-order valence-corrected chi connectivity index (χ4v) is 4.71. The minimum atomic E-state index is -0.540. The second kappa shape index (κ2) is 36.3. The molecular weight excluding hydrogens is 532 g/mol. The minimum absolute atomic E-state index is 0.179. The van der Waals surface area contributed by atoms with Crippen LogP contribution in [0.2, 0.25) is 0 Å². The number of carbonyl (C=O) groups excluding carboxylic acids is 1. The number of aliphatic hydroxyl groups is 1. The third kappa shape index (κ3) is 34.4. The summed E-state index contributed by atoms with van der Waals surface area (Å²) in [6.07, 6.45) is 46.9. The van der Waals surface area contributed by atoms with Gasteiger partial charge in [0.05, 0.1) is 13.2 Å². The van der Waals surface area contributed by atoms with Crippen LogP contribution in [0, 0.1) is 0 Å². The van der Waals surface area contributed by atoms with Gasteiger partial charge in [-0.25, -0.2) is 0 Å². The zero-order valence-corrected chi connectivity index (χ0v) is 28.2. The van der Waals surface area contributed by atoms with Crippen molar-refractivity contribution in [2.75, 3.05) is 19.8 Å². The minimum Gasteiger partial charge on any atom is -0.457 e. The van der Waals surface area contributed by atoms with E-state index >= 15 is 0 Å². The van der Waals surface area contributed by atoms with E-state index in [1.807, 2.05) is 0 Å². The predicted octanol–water partition coefficient (Wildman–Crippen LogP) is 11.3. The standard InChI is InChI=1S/C39H68O4/c1-3-5-7-9-11-13-14-15-16-17-18-19-20-21-22-23-24-25-27-29-31-33-35-42-37-38(36-40)43-39(41)34-32-30-28-26-12-10-8-6-4-2/h5,7,11,13,15-16,18-19,21-22,38,40H,3-4,6,8-10,12,14,17,20,23-37H2,1-2H3/b7-5-,13-11-,16-15-,19-18-,22-21-. The van der Waals surface area contributed by atoms with Crippen LogP contribution in [0.3, 0.4) is 0 Å². The molecule has 0 aromatic carbocycles. The number of esters is 1. The third-order valence-electron chi connectivity index (χ3n) is 7.36. The molecule has 0 saturated carbocycles. The molecule has 1 atom stereocenters. The van der Waals surface area contributed by atoms with Crippen LogP contribution in [0.25, 0.3) is 0 Å². The van der Waals surface area contributed by atoms with Crippen LogP contribution < -0.4 is 0 Å². The van der Waals surface area contributed by atoms with Crippen molar-refractivity contribution in [2.45, 2.75) is 161 Å². The highest BCUT2D eigenvalue weighted by Crippen LogP contribution is 2.12. The summed E-state index contributed by atoms with van der Waals surface area (Å²) in [5, 5.41) is 9.52. The Hall–Kier alpha value is -1.91. The van der Waals surface area contributed by atoms with Crippen LogP contribution in [0.5, 0.6) is 0 Å². The normalized spacial score (nSPS) is 13.1. The Labute approximate surface area is 266 Å². The average Bonchev–Trinajstić information content (AvgIpc) is 3.01. The first kappa shape index (κ1) is 41.1. The van der Waals surface area contributed by atoms with E-state index in [1.165, 1.54) is 70.6 Å². The van der Waals surface area contributed by atoms with Crippen molar-refractivity contribution >= 4 is 5.97 Å². The smallest absolute Gasteiger partial charge is 0.306 e. The second-order valence-electron chi connectivity index (χ2n) is 11.6. The maximum absolute atomic E-state index is 12.1. The first-order valence-corrected chi connectivity index (χ1v) is 17.9. The van der Waals surface area contributed by atoms with Crippen LogP contribution in [-0.4, -0.2) is 37.0 Å². The summed E-state index contributed by atoms with van der Waals surface area (Å²) < 4.78 is 11.1. The Balaban J connectivity index is 3.50. The van der Waals surface area contributed by atoms with Crippen LogP contribution in [0.15, 0.2) is 60.8 Å². The molecule has 0 aromatic rings. The fraction of sp³-hybridized carbons (Fsp3) is 0.718. The van der Waals surface area contributed by atoms with Gasteiger partial charge >= 0.3 is 5.97 Å². The van der Waals surface area contributed by atoms with Gasteiger partial charge in [-0.15, -0.1) is 0 Å². The fourth-order valence-electron chi connectivity index (χ4n) is 4.71. The molecule has 0 aromatic heterocycles. The topological polar surface area (TPSA) is 55.8 Å². The molecule has 0 rings (SSSR count). The van der Waals surface area contributed by atoms with Gasteiger partial charge in [0, 0.05) is 13.0 Å². The summed E-state index contributed by atoms with van der Waals surface area (Å²) >= 11 is 0. The van der Waals surface area contributed by atoms with Gasteiger partial charge in [0.25, 0.3) is 0 Å². The van der Waals surface area contributed by atoms with Crippen molar-refractivity contribution in [1.82, 2.24) is 0 Å². The summed E-state index contributed by atoms with van der Waals surface area (Å²) in [6, 6.07) is 0. The van der Waals surface area contributed by atoms with E-state index < -0.39 is 6.10 Å². The predicted molar refractivity (Wildman–Crippen MR) is 186 cm³/mol. The Morgan fingerprint density at radius 3 is 1.58 bits per heavy atom. The van der Waals surface area contributed by atoms with Crippen molar-refractivity contribution in [3.05, 3.63) is 60.8 Å². The molecule has 43 heavy (non-hydrogen) atoms. The maximum atomic E-state index is 12.1. The lowest BCUT2D eigenvalue weighted by atomic mass is 10.1. The largest absolute Gasteiger partial charge is 0.457 e. The van der Waals surface area contributed by atoms with Crippen LogP contribution in [0.1, 0.15) is 155 Å². The molecule has 0 spiro atoms. The number of hydrogen-bond donors (Lipinski definition) is 1. The van der Waals surface area contributed by atoms with Gasteiger partial charge in [0.1, 0.15) is 6.10 Å². The van der Waals surface area contributed by atoms with E-state index in [-0.39, 0.29) is 19.2 Å². The maximum Gasteiger partial charge on any atom is 0.306 e. The average molecular weight is 601 g/mol. The van der Waals surface area contributed by atoms with Crippen molar-refractivity contribution in [2.24, 2.45) is 0 Å². The van der Waals surface area contributed by atoms with Crippen LogP contribution in [0.4, 0.5) is 0 Å². The molecule has 1 unspecified atom stereocenters. The number of allylic oxidation sites excluding steroid dienone is 10. The lowest BCUT2D eigenvalue weighted by molar-refractivity contribution is -0.154. The van der Waals surface area contributed by atoms with E-state index in [1.54, 1.807) is 0 Å². The quantitative estimate of drug-likeness (QED) is 0.0474. The summed E-state index contributed by atoms with van der Waals surface area (Å²) in [5.41, 5.74) is 0. The molecule has 0 bridgehead atoms. The van der Waals surface area contributed by atoms with E-state index in [2.05, 4.69) is 74.6 Å². The molecule has 0 radical (unpaired) electrons. The number of carbonyl (C=O) groups is 1. The number of aliphatic hydroxyl groups excluding tert-OH is 1. The van der Waals surface area contributed by atoms with Gasteiger partial charge in [-0.2, -0.15) is 0 Å². The molecule has 0 amide bonds. The summed E-state index contributed by atoms with van der Waals surface area (Å²) in [6.45, 7) is 5.17. The van der Waals surface area contributed by atoms with Crippen LogP contribution >= 0.6 is 0 Å². The second-order valence-corrected chi connectivity index (χ2v) is 11.6. The van der Waals surface area contributed by atoms with Crippen molar-refractivity contribution in [1.29, 1.82) is 0 Å². The Bertz CT molecular complexity index is 719. The zero-order valence-electron chi connectivity index (χ0n) is 28.2. The summed E-state index contributed by atoms with van der Waals surface area (Å²) in [7, 11) is 0. The van der Waals surface area contributed by atoms with Crippen LogP contribution in [-0.2, 0) is 14.3 Å². The molecule has 0 aliphatic carbocycles.